The highest BCUT2D eigenvalue weighted by atomic mass is 16.6. The van der Waals surface area contributed by atoms with Gasteiger partial charge in [-0.3, -0.25) is 48.2 Å². The molecule has 6 rings (SSSR count). The molecule has 90 heavy (non-hydrogen) atoms. The van der Waals surface area contributed by atoms with E-state index in [2.05, 4.69) is 25.9 Å². The number of amides is 8. The molecule has 0 bridgehead atoms. The number of nitrogens with two attached hydrogens (primary N) is 2. The number of aliphatic imine (C=N–C) groups is 1. The zero-order valence-corrected chi connectivity index (χ0v) is 52.1. The average Bonchev–Trinajstić information content (AvgIpc) is 1.36. The van der Waals surface area contributed by atoms with E-state index in [-0.39, 0.29) is 126 Å². The molecule has 0 saturated carbocycles. The Bertz CT molecular complexity index is 3090. The Morgan fingerprint density at radius 1 is 0.789 bits per heavy atom. The van der Waals surface area contributed by atoms with Gasteiger partial charge in [-0.2, -0.15) is 0 Å². The molecule has 2 aromatic carbocycles. The van der Waals surface area contributed by atoms with E-state index < -0.39 is 47.7 Å². The number of nitrogens with zero attached hydrogens (tertiary/aromatic N) is 5. The number of anilines is 1. The molecule has 0 spiro atoms. The first-order chi connectivity index (χ1) is 43.3. The molecule has 25 nitrogen and oxygen atoms in total. The van der Waals surface area contributed by atoms with Gasteiger partial charge in [0.2, 0.25) is 11.8 Å². The van der Waals surface area contributed by atoms with Gasteiger partial charge in [-0.25, -0.2) is 14.6 Å². The second-order valence-electron chi connectivity index (χ2n) is 22.4. The number of nitrogens with one attached hydrogen (secondary N) is 3. The lowest BCUT2D eigenvalue weighted by Crippen LogP contribution is -2.46. The molecule has 3 aliphatic rings. The van der Waals surface area contributed by atoms with Crippen molar-refractivity contribution in [3.8, 4) is 0 Å². The summed E-state index contributed by atoms with van der Waals surface area (Å²) < 4.78 is 27.9. The highest BCUT2D eigenvalue weighted by Gasteiger charge is 2.30. The summed E-state index contributed by atoms with van der Waals surface area (Å²) in [6.45, 7) is 11.9. The largest absolute Gasteiger partial charge is 0.445 e. The van der Waals surface area contributed by atoms with Crippen LogP contribution >= 0.6 is 0 Å². The molecule has 0 unspecified atom stereocenters. The number of primary amides is 1. The van der Waals surface area contributed by atoms with Crippen LogP contribution in [0.4, 0.5) is 21.0 Å². The van der Waals surface area contributed by atoms with Crippen LogP contribution in [0.5, 0.6) is 0 Å². The van der Waals surface area contributed by atoms with Gasteiger partial charge in [0.1, 0.15) is 24.0 Å². The molecule has 0 aliphatic carbocycles. The molecular formula is C65H86N10O15. The van der Waals surface area contributed by atoms with Crippen LogP contribution in [0.2, 0.25) is 0 Å². The molecule has 3 aliphatic heterocycles. The predicted octanol–water partition coefficient (Wildman–Crippen LogP) is 5.46. The molecular weight excluding hydrogens is 1160 g/mol. The van der Waals surface area contributed by atoms with Gasteiger partial charge in [0.25, 0.3) is 17.7 Å². The van der Waals surface area contributed by atoms with Gasteiger partial charge in [-0.05, 0) is 79.5 Å². The SMILES string of the molecule is CCCN(CC)C(=O)C1=Cc2ccc(C(=O)Nc3cnc4c(c3)CN(C(=O)OCc3ccc(CC(=O)[C@H](CCCNC(N)=O)NC(=O)[C@@H](CC(=O)CCOCCOCCOCCOCCCC(=O)CCN5C(=O)C=CC5=O)C(C)C)cc3)CC4)cc2N=C(N)C1. The number of fused-ring (bicyclic) bond motifs is 2. The second kappa shape index (κ2) is 36.8. The highest BCUT2D eigenvalue weighted by molar-refractivity contribution is 6.13. The molecule has 4 heterocycles. The zero-order chi connectivity index (χ0) is 65.0. The van der Waals surface area contributed by atoms with E-state index in [0.29, 0.717) is 111 Å². The summed E-state index contributed by atoms with van der Waals surface area (Å²) in [5.74, 6) is -2.95. The minimum atomic E-state index is -0.930. The summed E-state index contributed by atoms with van der Waals surface area (Å²) in [6.07, 6.45) is 8.11. The number of pyridine rings is 1. The number of likely N-dealkylation sites (N-methyl/N-ethyl adjacent to an activating group) is 1. The van der Waals surface area contributed by atoms with Crippen molar-refractivity contribution in [3.63, 3.8) is 0 Å². The third-order valence-electron chi connectivity index (χ3n) is 15.2. The molecule has 0 fully saturated rings. The Morgan fingerprint density at radius 2 is 1.47 bits per heavy atom. The number of ketones is 3. The topological polar surface area (TPSA) is 340 Å². The maximum absolute atomic E-state index is 13.9. The van der Waals surface area contributed by atoms with Gasteiger partial charge < -0.3 is 60.9 Å². The Morgan fingerprint density at radius 3 is 2.13 bits per heavy atom. The van der Waals surface area contributed by atoms with Crippen LogP contribution < -0.4 is 27.4 Å². The van der Waals surface area contributed by atoms with Crippen LogP contribution in [0.25, 0.3) is 6.08 Å². The average molecular weight is 1250 g/mol. The van der Waals surface area contributed by atoms with Crippen molar-refractivity contribution < 1.29 is 71.6 Å². The van der Waals surface area contributed by atoms with Crippen LogP contribution in [0.1, 0.15) is 124 Å². The minimum absolute atomic E-state index is 0.0361. The molecule has 8 amide bonds. The lowest BCUT2D eigenvalue weighted by atomic mass is 9.88. The molecule has 3 aromatic rings. The molecule has 25 heteroatoms. The third-order valence-corrected chi connectivity index (χ3v) is 15.2. The van der Waals surface area contributed by atoms with Crippen molar-refractivity contribution in [3.05, 3.63) is 106 Å². The van der Waals surface area contributed by atoms with Gasteiger partial charge in [-0.1, -0.05) is 51.1 Å². The molecule has 1 aromatic heterocycles. The van der Waals surface area contributed by atoms with Gasteiger partial charge >= 0.3 is 12.1 Å². The van der Waals surface area contributed by atoms with Crippen molar-refractivity contribution in [1.29, 1.82) is 0 Å². The summed E-state index contributed by atoms with van der Waals surface area (Å²) in [5, 5.41) is 8.29. The number of benzene rings is 2. The highest BCUT2D eigenvalue weighted by Crippen LogP contribution is 2.30. The molecule has 2 atom stereocenters. The fraction of sp³-hybridized carbons (Fsp3) is 0.508. The number of Topliss-reactive ketones (excluding diaryl/α,β-unsaturated/α-hetero) is 3. The van der Waals surface area contributed by atoms with E-state index >= 15 is 0 Å². The van der Waals surface area contributed by atoms with Crippen molar-refractivity contribution >= 4 is 82.3 Å². The summed E-state index contributed by atoms with van der Waals surface area (Å²) in [7, 11) is 0. The first kappa shape index (κ1) is 70.6. The standard InChI is InChI=1S/C65H86N10O15/c1-5-23-73(6-2)63(83)48-35-46-15-16-47(37-56(46)71-58(66)38-48)61(81)70-50-36-49-41-74(24-20-54(49)69-40-50)65(85)90-42-45-13-11-44(12-14-45)34-57(78)55(10-7-22-68-64(67)84)72-62(82)53(43(3)4)39-52(77)21-27-87-29-31-89-33-32-88-30-28-86-26-8-9-51(76)19-25-75-59(79)17-18-60(75)80/h11-18,35-37,40,43,53,55H,5-10,19-34,38-39,41-42H2,1-4H3,(H2,66,71)(H,70,81)(H,72,82)(H3,67,68,84)/t53-,55-/m0/s1. The van der Waals surface area contributed by atoms with Gasteiger partial charge in [0.15, 0.2) is 5.78 Å². The maximum atomic E-state index is 13.9. The van der Waals surface area contributed by atoms with E-state index in [4.69, 9.17) is 35.2 Å². The lowest BCUT2D eigenvalue weighted by molar-refractivity contribution is -0.137. The predicted molar refractivity (Wildman–Crippen MR) is 334 cm³/mol. The van der Waals surface area contributed by atoms with E-state index in [0.717, 1.165) is 22.6 Å². The van der Waals surface area contributed by atoms with E-state index in [1.54, 1.807) is 70.6 Å². The van der Waals surface area contributed by atoms with Gasteiger partial charge in [0.05, 0.1) is 76.4 Å². The smallest absolute Gasteiger partial charge is 0.410 e. The Labute approximate surface area is 525 Å². The number of aromatic nitrogens is 1. The Balaban J connectivity index is 0.881. The first-order valence-corrected chi connectivity index (χ1v) is 30.8. The van der Waals surface area contributed by atoms with Crippen LogP contribution in [-0.2, 0) is 83.2 Å². The summed E-state index contributed by atoms with van der Waals surface area (Å²) >= 11 is 0. The van der Waals surface area contributed by atoms with E-state index in [1.165, 1.54) is 12.2 Å². The quantitative estimate of drug-likeness (QED) is 0.0350. The Hall–Kier alpha value is -8.52. The summed E-state index contributed by atoms with van der Waals surface area (Å²) in [5.41, 5.74) is 16.8. The number of ether oxygens (including phenoxy) is 5. The van der Waals surface area contributed by atoms with Crippen LogP contribution in [0.15, 0.2) is 77.4 Å². The van der Waals surface area contributed by atoms with Crippen LogP contribution in [-0.4, -0.2) is 176 Å². The van der Waals surface area contributed by atoms with Crippen molar-refractivity contribution in [2.24, 2.45) is 28.3 Å². The number of rotatable bonds is 39. The number of carbonyl (C=O) groups excluding carboxylic acids is 10. The minimum Gasteiger partial charge on any atom is -0.445 e. The van der Waals surface area contributed by atoms with Crippen LogP contribution in [0.3, 0.4) is 0 Å². The van der Waals surface area contributed by atoms with Crippen LogP contribution in [0, 0.1) is 11.8 Å². The first-order valence-electron chi connectivity index (χ1n) is 30.8. The number of hydrogen-bond donors (Lipinski definition) is 5. The summed E-state index contributed by atoms with van der Waals surface area (Å²) in [6, 6.07) is 12.2. The summed E-state index contributed by atoms with van der Waals surface area (Å²) in [4.78, 5) is 141. The Kier molecular flexibility index (Phi) is 28.9. The van der Waals surface area contributed by atoms with Gasteiger partial charge in [-0.15, -0.1) is 0 Å². The lowest BCUT2D eigenvalue weighted by Gasteiger charge is -2.28. The fourth-order valence-electron chi connectivity index (χ4n) is 10.1. The van der Waals surface area contributed by atoms with E-state index in [9.17, 15) is 47.9 Å². The van der Waals surface area contributed by atoms with Crippen molar-refractivity contribution in [1.82, 2.24) is 30.3 Å². The number of amidine groups is 1. The van der Waals surface area contributed by atoms with Gasteiger partial charge in [0, 0.05) is 125 Å². The molecule has 0 radical (unpaired) electrons. The number of urea groups is 1. The monoisotopic (exact) mass is 1250 g/mol. The zero-order valence-electron chi connectivity index (χ0n) is 52.1. The van der Waals surface area contributed by atoms with Crippen molar-refractivity contribution in [2.75, 3.05) is 90.9 Å². The third kappa shape index (κ3) is 23.1. The maximum Gasteiger partial charge on any atom is 0.410 e. The second-order valence-corrected chi connectivity index (χ2v) is 22.4. The van der Waals surface area contributed by atoms with Crippen molar-refractivity contribution in [2.45, 2.75) is 118 Å². The fourth-order valence-corrected chi connectivity index (χ4v) is 10.1. The number of carbonyl (C=O) groups is 10. The molecule has 486 valence electrons. The number of hydrogen-bond acceptors (Lipinski definition) is 18. The molecule has 7 N–H and O–H groups in total. The normalized spacial score (nSPS) is 14.2. The van der Waals surface area contributed by atoms with E-state index in [1.807, 2.05) is 27.7 Å². The number of imide groups is 1. The molecule has 0 saturated heterocycles.